The van der Waals surface area contributed by atoms with Crippen molar-refractivity contribution >= 4 is 21.6 Å². The zero-order valence-electron chi connectivity index (χ0n) is 16.8. The number of carbonyl (C=O) groups excluding carboxylic acids is 1. The van der Waals surface area contributed by atoms with Gasteiger partial charge in [-0.3, -0.25) is 4.79 Å². The van der Waals surface area contributed by atoms with Crippen LogP contribution in [0.1, 0.15) is 6.92 Å². The van der Waals surface area contributed by atoms with E-state index in [9.17, 15) is 26.4 Å². The average molecular weight is 469 g/mol. The second kappa shape index (κ2) is 8.96. The number of hydrogen-bond donors (Lipinski definition) is 2. The van der Waals surface area contributed by atoms with Crippen LogP contribution in [0.3, 0.4) is 0 Å². The van der Waals surface area contributed by atoms with Gasteiger partial charge in [0.2, 0.25) is 15.9 Å². The fourth-order valence-electron chi connectivity index (χ4n) is 2.70. The van der Waals surface area contributed by atoms with Gasteiger partial charge in [0, 0.05) is 0 Å². The minimum absolute atomic E-state index is 0.294. The molecule has 1 heterocycles. The molecule has 2 aromatic carbocycles. The molecule has 0 radical (unpaired) electrons. The van der Waals surface area contributed by atoms with Gasteiger partial charge in [-0.25, -0.2) is 31.3 Å². The SMILES string of the molecule is CC(COc1ccc(-n2cncn2)cc1)(NS(C)(=O)=O)C(=O)Nc1ccc(F)c(F)c1F. The van der Waals surface area contributed by atoms with E-state index in [-0.39, 0.29) is 0 Å². The second-order valence-electron chi connectivity index (χ2n) is 7.01. The zero-order chi connectivity index (χ0) is 23.5. The first-order chi connectivity index (χ1) is 15.0. The smallest absolute Gasteiger partial charge is 0.248 e. The molecule has 1 atom stereocenters. The lowest BCUT2D eigenvalue weighted by molar-refractivity contribution is -0.122. The maximum Gasteiger partial charge on any atom is 0.248 e. The highest BCUT2D eigenvalue weighted by molar-refractivity contribution is 7.88. The Morgan fingerprint density at radius 3 is 2.41 bits per heavy atom. The Hall–Kier alpha value is -3.45. The van der Waals surface area contributed by atoms with Gasteiger partial charge in [-0.1, -0.05) is 0 Å². The van der Waals surface area contributed by atoms with Crippen LogP contribution in [0.2, 0.25) is 0 Å². The Balaban J connectivity index is 1.79. The third-order valence-electron chi connectivity index (χ3n) is 4.24. The van der Waals surface area contributed by atoms with E-state index in [2.05, 4.69) is 20.1 Å². The summed E-state index contributed by atoms with van der Waals surface area (Å²) in [6.45, 7) is 0.699. The maximum absolute atomic E-state index is 13.9. The van der Waals surface area contributed by atoms with Crippen LogP contribution < -0.4 is 14.8 Å². The molecule has 13 heteroatoms. The van der Waals surface area contributed by atoms with Gasteiger partial charge in [0.1, 0.15) is 30.5 Å². The van der Waals surface area contributed by atoms with Gasteiger partial charge in [-0.2, -0.15) is 9.82 Å². The molecule has 1 amide bonds. The summed E-state index contributed by atoms with van der Waals surface area (Å²) in [6, 6.07) is 7.87. The van der Waals surface area contributed by atoms with Gasteiger partial charge in [-0.05, 0) is 43.3 Å². The molecule has 0 spiro atoms. The zero-order valence-corrected chi connectivity index (χ0v) is 17.7. The molecule has 1 aromatic heterocycles. The first-order valence-electron chi connectivity index (χ1n) is 9.00. The predicted octanol–water partition coefficient (Wildman–Crippen LogP) is 2.01. The molecule has 1 unspecified atom stereocenters. The Bertz CT molecular complexity index is 1220. The lowest BCUT2D eigenvalue weighted by Gasteiger charge is -2.28. The van der Waals surface area contributed by atoms with Gasteiger partial charge in [-0.15, -0.1) is 0 Å². The number of amides is 1. The first-order valence-corrected chi connectivity index (χ1v) is 10.9. The number of carbonyl (C=O) groups is 1. The van der Waals surface area contributed by atoms with Gasteiger partial charge in [0.25, 0.3) is 0 Å². The highest BCUT2D eigenvalue weighted by atomic mass is 32.2. The topological polar surface area (TPSA) is 115 Å². The Morgan fingerprint density at radius 1 is 1.12 bits per heavy atom. The van der Waals surface area contributed by atoms with Gasteiger partial charge < -0.3 is 10.1 Å². The fourth-order valence-corrected chi connectivity index (χ4v) is 3.67. The minimum atomic E-state index is -3.92. The molecule has 32 heavy (non-hydrogen) atoms. The molecule has 0 saturated carbocycles. The largest absolute Gasteiger partial charge is 0.491 e. The van der Waals surface area contributed by atoms with Gasteiger partial charge in [0.15, 0.2) is 17.5 Å². The third kappa shape index (κ3) is 5.42. The van der Waals surface area contributed by atoms with E-state index in [0.717, 1.165) is 12.3 Å². The number of aromatic nitrogens is 3. The summed E-state index contributed by atoms with van der Waals surface area (Å²) in [7, 11) is -3.92. The van der Waals surface area contributed by atoms with Crippen molar-refractivity contribution in [1.29, 1.82) is 0 Å². The predicted molar refractivity (Wildman–Crippen MR) is 108 cm³/mol. The molecule has 3 aromatic rings. The van der Waals surface area contributed by atoms with Crippen LogP contribution in [-0.2, 0) is 14.8 Å². The number of anilines is 1. The van der Waals surface area contributed by atoms with E-state index in [1.807, 2.05) is 0 Å². The number of sulfonamides is 1. The summed E-state index contributed by atoms with van der Waals surface area (Å²) in [4.78, 5) is 16.6. The number of nitrogens with zero attached hydrogens (tertiary/aromatic N) is 3. The molecule has 0 saturated heterocycles. The van der Waals surface area contributed by atoms with Gasteiger partial charge >= 0.3 is 0 Å². The summed E-state index contributed by atoms with van der Waals surface area (Å²) in [5.41, 5.74) is -1.90. The van der Waals surface area contributed by atoms with Crippen LogP contribution >= 0.6 is 0 Å². The van der Waals surface area contributed by atoms with E-state index in [0.29, 0.717) is 17.5 Å². The van der Waals surface area contributed by atoms with Crippen LogP contribution in [0.4, 0.5) is 18.9 Å². The van der Waals surface area contributed by atoms with Gasteiger partial charge in [0.05, 0.1) is 17.6 Å². The van der Waals surface area contributed by atoms with Crippen LogP contribution in [0.25, 0.3) is 5.69 Å². The van der Waals surface area contributed by atoms with Crippen molar-refractivity contribution in [2.75, 3.05) is 18.2 Å². The lowest BCUT2D eigenvalue weighted by Crippen LogP contribution is -2.58. The monoisotopic (exact) mass is 469 g/mol. The van der Waals surface area contributed by atoms with Crippen molar-refractivity contribution in [3.63, 3.8) is 0 Å². The van der Waals surface area contributed by atoms with Crippen LogP contribution in [0.15, 0.2) is 49.1 Å². The quantitative estimate of drug-likeness (QED) is 0.488. The van der Waals surface area contributed by atoms with E-state index < -0.39 is 51.2 Å². The molecule has 9 nitrogen and oxygen atoms in total. The molecule has 170 valence electrons. The first kappa shape index (κ1) is 23.2. The summed E-state index contributed by atoms with van der Waals surface area (Å²) in [5, 5.41) is 6.04. The lowest BCUT2D eigenvalue weighted by atomic mass is 10.0. The summed E-state index contributed by atoms with van der Waals surface area (Å²) in [5.74, 6) is -5.58. The summed E-state index contributed by atoms with van der Waals surface area (Å²) < 4.78 is 73.4. The highest BCUT2D eigenvalue weighted by Gasteiger charge is 2.38. The minimum Gasteiger partial charge on any atom is -0.491 e. The van der Waals surface area contributed by atoms with Crippen LogP contribution in [0.5, 0.6) is 5.75 Å². The second-order valence-corrected chi connectivity index (χ2v) is 8.75. The van der Waals surface area contributed by atoms with E-state index in [1.165, 1.54) is 24.3 Å². The summed E-state index contributed by atoms with van der Waals surface area (Å²) in [6.07, 6.45) is 3.68. The van der Waals surface area contributed by atoms with Crippen molar-refractivity contribution in [3.8, 4) is 11.4 Å². The molecule has 2 N–H and O–H groups in total. The molecule has 3 rings (SSSR count). The Kier molecular flexibility index (Phi) is 6.50. The highest BCUT2D eigenvalue weighted by Crippen LogP contribution is 2.22. The number of halogens is 3. The fraction of sp³-hybridized carbons (Fsp3) is 0.211. The number of rotatable bonds is 8. The molecular formula is C19H18F3N5O4S. The van der Waals surface area contributed by atoms with Crippen LogP contribution in [0, 0.1) is 17.5 Å². The van der Waals surface area contributed by atoms with Crippen molar-refractivity contribution in [3.05, 3.63) is 66.5 Å². The molecular weight excluding hydrogens is 451 g/mol. The number of nitrogens with one attached hydrogen (secondary N) is 2. The number of hydrogen-bond acceptors (Lipinski definition) is 6. The van der Waals surface area contributed by atoms with Crippen LogP contribution in [-0.4, -0.2) is 47.5 Å². The van der Waals surface area contributed by atoms with E-state index in [4.69, 9.17) is 4.74 Å². The van der Waals surface area contributed by atoms with Crippen molar-refractivity contribution < 1.29 is 31.1 Å². The molecule has 0 bridgehead atoms. The maximum atomic E-state index is 13.9. The standard InChI is InChI=1S/C19H18F3N5O4S/c1-19(26-32(2,29)30,18(28)25-15-8-7-14(20)16(21)17(15)22)9-31-13-5-3-12(4-6-13)27-11-23-10-24-27/h3-8,10-11,26H,9H2,1-2H3,(H,25,28). The Morgan fingerprint density at radius 2 is 1.81 bits per heavy atom. The number of benzene rings is 2. The third-order valence-corrected chi connectivity index (χ3v) is 5.06. The summed E-state index contributed by atoms with van der Waals surface area (Å²) >= 11 is 0. The normalized spacial score (nSPS) is 13.4. The van der Waals surface area contributed by atoms with Crippen molar-refractivity contribution in [2.24, 2.45) is 0 Å². The van der Waals surface area contributed by atoms with E-state index >= 15 is 0 Å². The van der Waals surface area contributed by atoms with E-state index in [1.54, 1.807) is 24.3 Å². The van der Waals surface area contributed by atoms with Crippen molar-refractivity contribution in [1.82, 2.24) is 19.5 Å². The van der Waals surface area contributed by atoms with Crippen molar-refractivity contribution in [2.45, 2.75) is 12.5 Å². The molecule has 0 aliphatic carbocycles. The molecule has 0 aliphatic rings. The Labute approximate surface area is 181 Å². The number of ether oxygens (including phenoxy) is 1. The molecule has 0 fully saturated rings. The average Bonchev–Trinajstić information content (AvgIpc) is 3.27. The molecule has 0 aliphatic heterocycles.